The van der Waals surface area contributed by atoms with Gasteiger partial charge in [0, 0.05) is 20.7 Å². The lowest BCUT2D eigenvalue weighted by Crippen LogP contribution is -1.97. The van der Waals surface area contributed by atoms with Crippen molar-refractivity contribution in [2.24, 2.45) is 0 Å². The summed E-state index contributed by atoms with van der Waals surface area (Å²) in [5.74, 6) is 0.793. The minimum absolute atomic E-state index is 0.499. The molecule has 0 saturated carbocycles. The number of carbonyl (C=O) groups excluding carboxylic acids is 1. The van der Waals surface area contributed by atoms with Crippen molar-refractivity contribution in [3.05, 3.63) is 90.0 Å². The quantitative estimate of drug-likeness (QED) is 0.418. The SMILES string of the molecule is O=Cc1ccc(OCc2ccccc2)c(-c2cc3ccccc3s2)c1. The zero-order valence-corrected chi connectivity index (χ0v) is 14.3. The molecule has 3 aromatic carbocycles. The van der Waals surface area contributed by atoms with E-state index in [9.17, 15) is 4.79 Å². The molecule has 1 aromatic heterocycles. The molecule has 0 N–H and O–H groups in total. The van der Waals surface area contributed by atoms with Gasteiger partial charge >= 0.3 is 0 Å². The highest BCUT2D eigenvalue weighted by Crippen LogP contribution is 2.39. The molecule has 4 aromatic rings. The van der Waals surface area contributed by atoms with Gasteiger partial charge in [0.1, 0.15) is 18.6 Å². The number of fused-ring (bicyclic) bond motifs is 1. The van der Waals surface area contributed by atoms with Crippen LogP contribution in [0.1, 0.15) is 15.9 Å². The number of thiophene rings is 1. The summed E-state index contributed by atoms with van der Waals surface area (Å²) in [6.45, 7) is 0.499. The summed E-state index contributed by atoms with van der Waals surface area (Å²) in [6, 6.07) is 26.1. The molecule has 0 amide bonds. The average Bonchev–Trinajstić information content (AvgIpc) is 3.11. The molecule has 0 atom stereocenters. The highest BCUT2D eigenvalue weighted by Gasteiger charge is 2.11. The van der Waals surface area contributed by atoms with Crippen molar-refractivity contribution in [2.75, 3.05) is 0 Å². The van der Waals surface area contributed by atoms with Gasteiger partial charge in [0.05, 0.1) is 0 Å². The Morgan fingerprint density at radius 2 is 1.68 bits per heavy atom. The summed E-state index contributed by atoms with van der Waals surface area (Å²) in [6.07, 6.45) is 0.873. The predicted octanol–water partition coefficient (Wildman–Crippen LogP) is 5.96. The van der Waals surface area contributed by atoms with E-state index < -0.39 is 0 Å². The second-order valence-electron chi connectivity index (χ2n) is 5.80. The first-order chi connectivity index (χ1) is 12.3. The number of benzene rings is 3. The van der Waals surface area contributed by atoms with E-state index in [2.05, 4.69) is 18.2 Å². The summed E-state index contributed by atoms with van der Waals surface area (Å²) in [5.41, 5.74) is 2.73. The zero-order valence-electron chi connectivity index (χ0n) is 13.5. The van der Waals surface area contributed by atoms with E-state index >= 15 is 0 Å². The Balaban J connectivity index is 1.72. The van der Waals surface area contributed by atoms with Crippen molar-refractivity contribution in [3.8, 4) is 16.2 Å². The third kappa shape index (κ3) is 3.32. The first-order valence-corrected chi connectivity index (χ1v) is 8.90. The Labute approximate surface area is 150 Å². The average molecular weight is 344 g/mol. The molecule has 0 bridgehead atoms. The number of ether oxygens (including phenoxy) is 1. The van der Waals surface area contributed by atoms with Crippen LogP contribution in [0.25, 0.3) is 20.5 Å². The van der Waals surface area contributed by atoms with Crippen LogP contribution < -0.4 is 4.74 Å². The largest absolute Gasteiger partial charge is 0.488 e. The monoisotopic (exact) mass is 344 g/mol. The summed E-state index contributed by atoms with van der Waals surface area (Å²) in [5, 5.41) is 1.20. The van der Waals surface area contributed by atoms with Crippen LogP contribution in [-0.2, 0) is 6.61 Å². The third-order valence-corrected chi connectivity index (χ3v) is 5.22. The Morgan fingerprint density at radius 1 is 0.880 bits per heavy atom. The molecule has 3 heteroatoms. The maximum atomic E-state index is 11.2. The molecule has 0 aliphatic heterocycles. The number of hydrogen-bond donors (Lipinski definition) is 0. The van der Waals surface area contributed by atoms with Gasteiger partial charge in [-0.3, -0.25) is 4.79 Å². The summed E-state index contributed by atoms with van der Waals surface area (Å²) >= 11 is 1.71. The number of hydrogen-bond acceptors (Lipinski definition) is 3. The highest BCUT2D eigenvalue weighted by atomic mass is 32.1. The smallest absolute Gasteiger partial charge is 0.150 e. The van der Waals surface area contributed by atoms with Crippen LogP contribution in [0.15, 0.2) is 78.9 Å². The van der Waals surface area contributed by atoms with Crippen molar-refractivity contribution >= 4 is 27.7 Å². The molecule has 0 radical (unpaired) electrons. The molecule has 0 aliphatic rings. The molecule has 0 spiro atoms. The number of rotatable bonds is 5. The molecule has 122 valence electrons. The molecular weight excluding hydrogens is 328 g/mol. The molecule has 0 aliphatic carbocycles. The van der Waals surface area contributed by atoms with E-state index in [0.717, 1.165) is 28.0 Å². The second kappa shape index (κ2) is 6.91. The van der Waals surface area contributed by atoms with Crippen LogP contribution >= 0.6 is 11.3 Å². The lowest BCUT2D eigenvalue weighted by atomic mass is 10.1. The minimum Gasteiger partial charge on any atom is -0.488 e. The molecule has 2 nitrogen and oxygen atoms in total. The fourth-order valence-electron chi connectivity index (χ4n) is 2.79. The molecule has 25 heavy (non-hydrogen) atoms. The Morgan fingerprint density at radius 3 is 2.48 bits per heavy atom. The van der Waals surface area contributed by atoms with Crippen molar-refractivity contribution in [3.63, 3.8) is 0 Å². The predicted molar refractivity (Wildman–Crippen MR) is 103 cm³/mol. The lowest BCUT2D eigenvalue weighted by Gasteiger charge is -2.11. The first kappa shape index (κ1) is 15.6. The van der Waals surface area contributed by atoms with E-state index in [1.165, 1.54) is 10.1 Å². The standard InChI is InChI=1S/C22H16O2S/c23-14-17-10-11-20(24-15-16-6-2-1-3-7-16)19(12-17)22-13-18-8-4-5-9-21(18)25-22/h1-14H,15H2. The summed E-state index contributed by atoms with van der Waals surface area (Å²) in [4.78, 5) is 12.3. The third-order valence-electron chi connectivity index (χ3n) is 4.07. The van der Waals surface area contributed by atoms with Gasteiger partial charge < -0.3 is 4.74 Å². The van der Waals surface area contributed by atoms with Gasteiger partial charge in [-0.1, -0.05) is 48.5 Å². The van der Waals surface area contributed by atoms with Crippen LogP contribution in [0.2, 0.25) is 0 Å². The Kier molecular flexibility index (Phi) is 4.32. The molecular formula is C22H16O2S. The van der Waals surface area contributed by atoms with Crippen molar-refractivity contribution in [1.82, 2.24) is 0 Å². The van der Waals surface area contributed by atoms with Crippen LogP contribution in [0, 0.1) is 0 Å². The van der Waals surface area contributed by atoms with E-state index in [4.69, 9.17) is 4.74 Å². The number of carbonyl (C=O) groups is 1. The van der Waals surface area contributed by atoms with Crippen molar-refractivity contribution < 1.29 is 9.53 Å². The minimum atomic E-state index is 0.499. The topological polar surface area (TPSA) is 26.3 Å². The maximum absolute atomic E-state index is 11.2. The molecule has 0 unspecified atom stereocenters. The van der Waals surface area contributed by atoms with E-state index in [-0.39, 0.29) is 0 Å². The summed E-state index contributed by atoms with van der Waals surface area (Å²) in [7, 11) is 0. The van der Waals surface area contributed by atoms with Crippen LogP contribution in [-0.4, -0.2) is 6.29 Å². The van der Waals surface area contributed by atoms with Gasteiger partial charge in [-0.15, -0.1) is 11.3 Å². The van der Waals surface area contributed by atoms with Crippen molar-refractivity contribution in [2.45, 2.75) is 6.61 Å². The first-order valence-electron chi connectivity index (χ1n) is 8.08. The van der Waals surface area contributed by atoms with E-state index in [0.29, 0.717) is 12.2 Å². The van der Waals surface area contributed by atoms with Gasteiger partial charge in [-0.25, -0.2) is 0 Å². The van der Waals surface area contributed by atoms with Gasteiger partial charge in [-0.2, -0.15) is 0 Å². The van der Waals surface area contributed by atoms with Gasteiger partial charge in [0.2, 0.25) is 0 Å². The lowest BCUT2D eigenvalue weighted by molar-refractivity contribution is 0.112. The van der Waals surface area contributed by atoms with Crippen LogP contribution in [0.5, 0.6) is 5.75 Å². The second-order valence-corrected chi connectivity index (χ2v) is 6.88. The number of aldehydes is 1. The van der Waals surface area contributed by atoms with E-state index in [1.54, 1.807) is 17.4 Å². The van der Waals surface area contributed by atoms with Crippen molar-refractivity contribution in [1.29, 1.82) is 0 Å². The molecule has 4 rings (SSSR count). The Hall–Kier alpha value is -2.91. The highest BCUT2D eigenvalue weighted by molar-refractivity contribution is 7.22. The van der Waals surface area contributed by atoms with Crippen LogP contribution in [0.4, 0.5) is 0 Å². The fraction of sp³-hybridized carbons (Fsp3) is 0.0455. The molecule has 0 fully saturated rings. The zero-order chi connectivity index (χ0) is 17.1. The van der Waals surface area contributed by atoms with Crippen LogP contribution in [0.3, 0.4) is 0 Å². The molecule has 1 heterocycles. The van der Waals surface area contributed by atoms with Gasteiger partial charge in [-0.05, 0) is 41.3 Å². The molecule has 0 saturated heterocycles. The maximum Gasteiger partial charge on any atom is 0.150 e. The fourth-order valence-corrected chi connectivity index (χ4v) is 3.87. The summed E-state index contributed by atoms with van der Waals surface area (Å²) < 4.78 is 7.29. The normalized spacial score (nSPS) is 10.7. The van der Waals surface area contributed by atoms with Gasteiger partial charge in [0.15, 0.2) is 0 Å². The Bertz CT molecular complexity index is 986. The van der Waals surface area contributed by atoms with E-state index in [1.807, 2.05) is 54.6 Å². The van der Waals surface area contributed by atoms with Gasteiger partial charge in [0.25, 0.3) is 0 Å².